The number of likely N-dealkylation sites (N-methyl/N-ethyl adjacent to an activating group) is 1. The summed E-state index contributed by atoms with van der Waals surface area (Å²) in [6.45, 7) is 11.4. The molecule has 0 spiro atoms. The highest BCUT2D eigenvalue weighted by Crippen LogP contribution is 2.11. The lowest BCUT2D eigenvalue weighted by Crippen LogP contribution is -2.54. The van der Waals surface area contributed by atoms with Crippen molar-refractivity contribution in [3.05, 3.63) is 0 Å². The van der Waals surface area contributed by atoms with Crippen LogP contribution in [0.5, 0.6) is 0 Å². The zero-order valence-electron chi connectivity index (χ0n) is 18.2. The van der Waals surface area contributed by atoms with Gasteiger partial charge in [-0.2, -0.15) is 0 Å². The molecule has 0 unspecified atom stereocenters. The van der Waals surface area contributed by atoms with Gasteiger partial charge in [0.15, 0.2) is 0 Å². The third-order valence-electron chi connectivity index (χ3n) is 5.18. The number of carbonyl (C=O) groups is 3. The summed E-state index contributed by atoms with van der Waals surface area (Å²) >= 11 is 0. The minimum Gasteiger partial charge on any atom is -0.347 e. The second-order valence-electron chi connectivity index (χ2n) is 8.16. The molecule has 7 nitrogen and oxygen atoms in total. The van der Waals surface area contributed by atoms with Gasteiger partial charge in [-0.05, 0) is 71.1 Å². The van der Waals surface area contributed by atoms with E-state index in [-0.39, 0.29) is 36.1 Å². The highest BCUT2D eigenvalue weighted by Gasteiger charge is 2.26. The van der Waals surface area contributed by atoms with Crippen LogP contribution >= 0.6 is 0 Å². The van der Waals surface area contributed by atoms with E-state index in [0.29, 0.717) is 13.0 Å². The van der Waals surface area contributed by atoms with E-state index in [9.17, 15) is 14.4 Å². The lowest BCUT2D eigenvalue weighted by atomic mass is 10.0. The van der Waals surface area contributed by atoms with Crippen LogP contribution in [0, 0.1) is 5.92 Å². The Morgan fingerprint density at radius 2 is 1.68 bits per heavy atom. The van der Waals surface area contributed by atoms with Crippen LogP contribution in [0.15, 0.2) is 0 Å². The first-order chi connectivity index (χ1) is 13.3. The molecule has 2 atom stereocenters. The SMILES string of the molecule is CCN[C@H](C(=O)N[C@@H](CCCCN1CCCCC1)C(=O)NCC(C)=O)C(C)C. The van der Waals surface area contributed by atoms with Gasteiger partial charge < -0.3 is 20.9 Å². The van der Waals surface area contributed by atoms with Crippen LogP contribution in [0.1, 0.15) is 66.2 Å². The van der Waals surface area contributed by atoms with Crippen molar-refractivity contribution in [2.45, 2.75) is 78.3 Å². The Labute approximate surface area is 170 Å². The van der Waals surface area contributed by atoms with Crippen molar-refractivity contribution >= 4 is 17.6 Å². The van der Waals surface area contributed by atoms with Gasteiger partial charge in [-0.25, -0.2) is 0 Å². The van der Waals surface area contributed by atoms with Gasteiger partial charge in [0.1, 0.15) is 11.8 Å². The fraction of sp³-hybridized carbons (Fsp3) is 0.857. The van der Waals surface area contributed by atoms with E-state index < -0.39 is 6.04 Å². The summed E-state index contributed by atoms with van der Waals surface area (Å²) in [7, 11) is 0. The van der Waals surface area contributed by atoms with Crippen molar-refractivity contribution in [1.82, 2.24) is 20.9 Å². The number of piperidine rings is 1. The van der Waals surface area contributed by atoms with E-state index in [4.69, 9.17) is 0 Å². The van der Waals surface area contributed by atoms with Gasteiger partial charge in [-0.15, -0.1) is 0 Å². The second-order valence-corrected chi connectivity index (χ2v) is 8.16. The van der Waals surface area contributed by atoms with Crippen LogP contribution < -0.4 is 16.0 Å². The molecule has 3 N–H and O–H groups in total. The van der Waals surface area contributed by atoms with E-state index >= 15 is 0 Å². The van der Waals surface area contributed by atoms with Crippen LogP contribution in [0.2, 0.25) is 0 Å². The molecule has 1 fully saturated rings. The molecule has 2 amide bonds. The van der Waals surface area contributed by atoms with E-state index in [1.807, 2.05) is 20.8 Å². The average Bonchev–Trinajstić information content (AvgIpc) is 2.66. The van der Waals surface area contributed by atoms with Crippen LogP contribution in [-0.4, -0.2) is 67.3 Å². The summed E-state index contributed by atoms with van der Waals surface area (Å²) in [4.78, 5) is 38.9. The summed E-state index contributed by atoms with van der Waals surface area (Å²) in [5, 5.41) is 8.73. The predicted molar refractivity (Wildman–Crippen MR) is 112 cm³/mol. The smallest absolute Gasteiger partial charge is 0.242 e. The fourth-order valence-electron chi connectivity index (χ4n) is 3.58. The summed E-state index contributed by atoms with van der Waals surface area (Å²) in [6.07, 6.45) is 6.32. The molecule has 1 rings (SSSR count). The van der Waals surface area contributed by atoms with Gasteiger partial charge in [0.25, 0.3) is 0 Å². The van der Waals surface area contributed by atoms with E-state index in [0.717, 1.165) is 32.5 Å². The molecule has 0 aromatic rings. The maximum Gasteiger partial charge on any atom is 0.242 e. The summed E-state index contributed by atoms with van der Waals surface area (Å²) in [5.41, 5.74) is 0. The van der Waals surface area contributed by atoms with Crippen molar-refractivity contribution < 1.29 is 14.4 Å². The Morgan fingerprint density at radius 3 is 2.25 bits per heavy atom. The first kappa shape index (κ1) is 24.6. The Hall–Kier alpha value is -1.47. The number of nitrogens with one attached hydrogen (secondary N) is 3. The molecule has 0 saturated carbocycles. The molecule has 7 heteroatoms. The Balaban J connectivity index is 2.57. The topological polar surface area (TPSA) is 90.5 Å². The molecular formula is C21H40N4O3. The quantitative estimate of drug-likeness (QED) is 0.410. The number of Topliss-reactive ketones (excluding diaryl/α,β-unsaturated/α-hetero) is 1. The molecule has 0 aromatic heterocycles. The van der Waals surface area contributed by atoms with Crippen molar-refractivity contribution in [3.8, 4) is 0 Å². The van der Waals surface area contributed by atoms with Gasteiger partial charge in [0.2, 0.25) is 11.8 Å². The summed E-state index contributed by atoms with van der Waals surface area (Å²) in [6, 6.07) is -0.936. The predicted octanol–water partition coefficient (Wildman–Crippen LogP) is 1.47. The molecule has 28 heavy (non-hydrogen) atoms. The molecule has 0 radical (unpaired) electrons. The number of ketones is 1. The van der Waals surface area contributed by atoms with E-state index in [1.165, 1.54) is 26.2 Å². The van der Waals surface area contributed by atoms with Crippen molar-refractivity contribution in [2.24, 2.45) is 5.92 Å². The molecule has 1 aliphatic heterocycles. The fourth-order valence-corrected chi connectivity index (χ4v) is 3.58. The monoisotopic (exact) mass is 396 g/mol. The number of nitrogens with zero attached hydrogens (tertiary/aromatic N) is 1. The number of rotatable bonds is 13. The largest absolute Gasteiger partial charge is 0.347 e. The van der Waals surface area contributed by atoms with Gasteiger partial charge in [-0.3, -0.25) is 14.4 Å². The zero-order valence-corrected chi connectivity index (χ0v) is 18.2. The molecule has 0 aliphatic carbocycles. The normalized spacial score (nSPS) is 17.2. The highest BCUT2D eigenvalue weighted by atomic mass is 16.2. The Kier molecular flexibility index (Phi) is 12.0. The zero-order chi connectivity index (χ0) is 20.9. The number of amides is 2. The first-order valence-electron chi connectivity index (χ1n) is 10.9. The minimum atomic E-state index is -0.604. The van der Waals surface area contributed by atoms with Crippen molar-refractivity contribution in [2.75, 3.05) is 32.7 Å². The van der Waals surface area contributed by atoms with Gasteiger partial charge in [-0.1, -0.05) is 27.2 Å². The molecule has 1 saturated heterocycles. The maximum absolute atomic E-state index is 12.7. The van der Waals surface area contributed by atoms with Crippen LogP contribution in [0.3, 0.4) is 0 Å². The lowest BCUT2D eigenvalue weighted by Gasteiger charge is -2.27. The third-order valence-corrected chi connectivity index (χ3v) is 5.18. The van der Waals surface area contributed by atoms with Crippen molar-refractivity contribution in [3.63, 3.8) is 0 Å². The third kappa shape index (κ3) is 9.64. The molecule has 162 valence electrons. The van der Waals surface area contributed by atoms with Crippen molar-refractivity contribution in [1.29, 1.82) is 0 Å². The molecule has 0 bridgehead atoms. The summed E-state index contributed by atoms with van der Waals surface area (Å²) < 4.78 is 0. The first-order valence-corrected chi connectivity index (χ1v) is 10.9. The van der Waals surface area contributed by atoms with E-state index in [2.05, 4.69) is 20.9 Å². The molecule has 1 heterocycles. The Morgan fingerprint density at radius 1 is 1.00 bits per heavy atom. The standard InChI is InChI=1S/C21H40N4O3/c1-5-22-19(16(2)3)21(28)24-18(20(27)23-15-17(4)26)11-7-10-14-25-12-8-6-9-13-25/h16,18-19,22H,5-15H2,1-4H3,(H,23,27)(H,24,28)/t18-,19-/m0/s1. The Bertz CT molecular complexity index is 490. The molecular weight excluding hydrogens is 356 g/mol. The lowest BCUT2D eigenvalue weighted by molar-refractivity contribution is -0.131. The molecule has 1 aliphatic rings. The molecule has 0 aromatic carbocycles. The minimum absolute atomic E-state index is 0.000198. The van der Waals surface area contributed by atoms with Crippen LogP contribution in [0.25, 0.3) is 0 Å². The highest BCUT2D eigenvalue weighted by molar-refractivity contribution is 5.91. The summed E-state index contributed by atoms with van der Waals surface area (Å²) in [5.74, 6) is -0.410. The van der Waals surface area contributed by atoms with Gasteiger partial charge in [0.05, 0.1) is 12.6 Å². The van der Waals surface area contributed by atoms with Crippen LogP contribution in [-0.2, 0) is 14.4 Å². The maximum atomic E-state index is 12.7. The van der Waals surface area contributed by atoms with E-state index in [1.54, 1.807) is 0 Å². The number of unbranched alkanes of at least 4 members (excludes halogenated alkanes) is 1. The number of hydrogen-bond donors (Lipinski definition) is 3. The van der Waals surface area contributed by atoms with Gasteiger partial charge >= 0.3 is 0 Å². The number of likely N-dealkylation sites (tertiary alicyclic amines) is 1. The average molecular weight is 397 g/mol. The second kappa shape index (κ2) is 13.7. The number of hydrogen-bond acceptors (Lipinski definition) is 5. The van der Waals surface area contributed by atoms with Crippen LogP contribution in [0.4, 0.5) is 0 Å². The number of carbonyl (C=O) groups excluding carboxylic acids is 3. The van der Waals surface area contributed by atoms with Gasteiger partial charge in [0, 0.05) is 0 Å².